The van der Waals surface area contributed by atoms with Crippen LogP contribution in [0.3, 0.4) is 0 Å². The lowest BCUT2D eigenvalue weighted by atomic mass is 9.96. The molecule has 1 aliphatic heterocycles. The van der Waals surface area contributed by atoms with Crippen LogP contribution in [-0.4, -0.2) is 34.8 Å². The van der Waals surface area contributed by atoms with Gasteiger partial charge in [-0.25, -0.2) is 4.79 Å². The van der Waals surface area contributed by atoms with Crippen molar-refractivity contribution in [1.82, 2.24) is 9.80 Å². The Morgan fingerprint density at radius 1 is 1.10 bits per heavy atom. The van der Waals surface area contributed by atoms with Crippen molar-refractivity contribution in [2.75, 3.05) is 18.4 Å². The molecule has 0 radical (unpaired) electrons. The minimum absolute atomic E-state index is 0.0667. The predicted molar refractivity (Wildman–Crippen MR) is 117 cm³/mol. The third-order valence-electron chi connectivity index (χ3n) is 5.25. The summed E-state index contributed by atoms with van der Waals surface area (Å²) >= 11 is 1.64. The number of para-hydroxylation sites is 1. The lowest BCUT2D eigenvalue weighted by Gasteiger charge is -2.34. The Hall–Kier alpha value is -3.06. The summed E-state index contributed by atoms with van der Waals surface area (Å²) in [5.41, 5.74) is 0.757. The first-order valence-electron chi connectivity index (χ1n) is 10.1. The van der Waals surface area contributed by atoms with Crippen molar-refractivity contribution in [3.63, 3.8) is 0 Å². The minimum Gasteiger partial charge on any atom is -0.467 e. The van der Waals surface area contributed by atoms with Crippen LogP contribution in [-0.2, 0) is 17.9 Å². The number of furan rings is 1. The molecule has 30 heavy (non-hydrogen) atoms. The highest BCUT2D eigenvalue weighted by atomic mass is 32.1. The van der Waals surface area contributed by atoms with Gasteiger partial charge in [0.2, 0.25) is 5.91 Å². The Morgan fingerprint density at radius 2 is 1.97 bits per heavy atom. The third kappa shape index (κ3) is 5.10. The molecule has 4 rings (SSSR count). The molecule has 1 saturated heterocycles. The first-order chi connectivity index (χ1) is 14.7. The highest BCUT2D eigenvalue weighted by Crippen LogP contribution is 2.23. The summed E-state index contributed by atoms with van der Waals surface area (Å²) in [7, 11) is 0. The van der Waals surface area contributed by atoms with Gasteiger partial charge < -0.3 is 19.5 Å². The van der Waals surface area contributed by atoms with Gasteiger partial charge in [-0.15, -0.1) is 11.3 Å². The van der Waals surface area contributed by atoms with E-state index in [1.807, 2.05) is 64.9 Å². The number of anilines is 1. The molecule has 2 aromatic heterocycles. The van der Waals surface area contributed by atoms with Crippen molar-refractivity contribution < 1.29 is 14.0 Å². The van der Waals surface area contributed by atoms with E-state index in [0.29, 0.717) is 26.2 Å². The highest BCUT2D eigenvalue weighted by molar-refractivity contribution is 7.09. The topological polar surface area (TPSA) is 65.8 Å². The molecule has 0 saturated carbocycles. The lowest BCUT2D eigenvalue weighted by Crippen LogP contribution is -2.47. The first-order valence-corrected chi connectivity index (χ1v) is 11.0. The summed E-state index contributed by atoms with van der Waals surface area (Å²) < 4.78 is 5.48. The van der Waals surface area contributed by atoms with E-state index in [0.717, 1.165) is 29.2 Å². The number of carbonyl (C=O) groups excluding carboxylic acids is 2. The van der Waals surface area contributed by atoms with Crippen LogP contribution in [0.15, 0.2) is 70.7 Å². The maximum atomic E-state index is 13.4. The van der Waals surface area contributed by atoms with E-state index in [1.165, 1.54) is 0 Å². The largest absolute Gasteiger partial charge is 0.467 e. The summed E-state index contributed by atoms with van der Waals surface area (Å²) in [4.78, 5) is 30.8. The van der Waals surface area contributed by atoms with Gasteiger partial charge in [-0.2, -0.15) is 0 Å². The number of likely N-dealkylation sites (tertiary alicyclic amines) is 1. The second kappa shape index (κ2) is 9.63. The van der Waals surface area contributed by atoms with Gasteiger partial charge in [0.1, 0.15) is 5.76 Å². The number of rotatable bonds is 6. The fourth-order valence-electron chi connectivity index (χ4n) is 3.74. The van der Waals surface area contributed by atoms with Crippen LogP contribution in [0.25, 0.3) is 0 Å². The fraction of sp³-hybridized carbons (Fsp3) is 0.304. The Morgan fingerprint density at radius 3 is 2.70 bits per heavy atom. The maximum Gasteiger partial charge on any atom is 0.321 e. The van der Waals surface area contributed by atoms with Crippen LogP contribution in [0.2, 0.25) is 0 Å². The van der Waals surface area contributed by atoms with Crippen LogP contribution in [0.4, 0.5) is 10.5 Å². The van der Waals surface area contributed by atoms with Crippen LogP contribution in [0.5, 0.6) is 0 Å². The van der Waals surface area contributed by atoms with Gasteiger partial charge in [-0.1, -0.05) is 24.3 Å². The summed E-state index contributed by atoms with van der Waals surface area (Å²) in [6.45, 7) is 2.06. The molecule has 0 aliphatic carbocycles. The Bertz CT molecular complexity index is 905. The minimum atomic E-state index is -0.213. The molecule has 1 atom stereocenters. The molecule has 1 unspecified atom stereocenters. The van der Waals surface area contributed by atoms with E-state index in [-0.39, 0.29) is 17.9 Å². The number of nitrogens with one attached hydrogen (secondary N) is 1. The van der Waals surface area contributed by atoms with Crippen LogP contribution < -0.4 is 5.32 Å². The first kappa shape index (κ1) is 20.2. The Labute approximate surface area is 180 Å². The zero-order valence-corrected chi connectivity index (χ0v) is 17.5. The van der Waals surface area contributed by atoms with E-state index < -0.39 is 0 Å². The van der Waals surface area contributed by atoms with E-state index in [1.54, 1.807) is 22.5 Å². The average Bonchev–Trinajstić information content (AvgIpc) is 3.48. The van der Waals surface area contributed by atoms with Gasteiger partial charge in [0.15, 0.2) is 0 Å². The van der Waals surface area contributed by atoms with Crippen molar-refractivity contribution >= 4 is 29.0 Å². The molecule has 3 amide bonds. The molecule has 1 aliphatic rings. The fourth-order valence-corrected chi connectivity index (χ4v) is 4.46. The Balaban J connectivity index is 1.43. The molecule has 0 spiro atoms. The number of thiophene rings is 1. The molecule has 3 heterocycles. The van der Waals surface area contributed by atoms with Crippen molar-refractivity contribution in [2.24, 2.45) is 5.92 Å². The molecule has 1 N–H and O–H groups in total. The standard InChI is InChI=1S/C23H25N3O3S/c27-22(26(16-20-10-5-13-29-20)17-21-11-6-14-30-21)18-7-4-12-25(15-18)23(28)24-19-8-2-1-3-9-19/h1-3,5-6,8-11,13-14,18H,4,7,12,15-17H2,(H,24,28). The van der Waals surface area contributed by atoms with Crippen molar-refractivity contribution in [3.8, 4) is 0 Å². The van der Waals surface area contributed by atoms with Gasteiger partial charge in [0, 0.05) is 23.7 Å². The molecule has 1 fully saturated rings. The van der Waals surface area contributed by atoms with Crippen molar-refractivity contribution in [2.45, 2.75) is 25.9 Å². The molecule has 6 nitrogen and oxygen atoms in total. The molecule has 156 valence electrons. The molecule has 3 aromatic rings. The van der Waals surface area contributed by atoms with Crippen molar-refractivity contribution in [3.05, 3.63) is 76.9 Å². The number of amides is 3. The van der Waals surface area contributed by atoms with Crippen LogP contribution in [0.1, 0.15) is 23.5 Å². The number of urea groups is 1. The zero-order chi connectivity index (χ0) is 20.8. The van der Waals surface area contributed by atoms with Gasteiger partial charge in [0.25, 0.3) is 0 Å². The number of benzene rings is 1. The van der Waals surface area contributed by atoms with Gasteiger partial charge in [-0.05, 0) is 48.6 Å². The number of carbonyl (C=O) groups is 2. The maximum absolute atomic E-state index is 13.4. The van der Waals surface area contributed by atoms with E-state index in [9.17, 15) is 9.59 Å². The second-order valence-corrected chi connectivity index (χ2v) is 8.47. The quantitative estimate of drug-likeness (QED) is 0.618. The number of piperidine rings is 1. The molecule has 1 aromatic carbocycles. The smallest absolute Gasteiger partial charge is 0.321 e. The predicted octanol–water partition coefficient (Wildman–Crippen LogP) is 4.81. The third-order valence-corrected chi connectivity index (χ3v) is 6.11. The van der Waals surface area contributed by atoms with Crippen molar-refractivity contribution in [1.29, 1.82) is 0 Å². The second-order valence-electron chi connectivity index (χ2n) is 7.43. The molecule has 7 heteroatoms. The van der Waals surface area contributed by atoms with E-state index >= 15 is 0 Å². The number of hydrogen-bond donors (Lipinski definition) is 1. The Kier molecular flexibility index (Phi) is 6.49. The van der Waals surface area contributed by atoms with Gasteiger partial charge >= 0.3 is 6.03 Å². The summed E-state index contributed by atoms with van der Waals surface area (Å²) in [6, 6.07) is 17.0. The van der Waals surface area contributed by atoms with Gasteiger partial charge in [0.05, 0.1) is 25.3 Å². The van der Waals surface area contributed by atoms with E-state index in [2.05, 4.69) is 5.32 Å². The normalized spacial score (nSPS) is 16.3. The zero-order valence-electron chi connectivity index (χ0n) is 16.7. The molecular formula is C23H25N3O3S. The molecule has 0 bridgehead atoms. The lowest BCUT2D eigenvalue weighted by molar-refractivity contribution is -0.138. The SMILES string of the molecule is O=C(Nc1ccccc1)N1CCCC(C(=O)N(Cc2ccco2)Cc2cccs2)C1. The average molecular weight is 424 g/mol. The van der Waals surface area contributed by atoms with Crippen LogP contribution >= 0.6 is 11.3 Å². The summed E-state index contributed by atoms with van der Waals surface area (Å²) in [6.07, 6.45) is 3.22. The van der Waals surface area contributed by atoms with Gasteiger partial charge in [-0.3, -0.25) is 4.79 Å². The summed E-state index contributed by atoms with van der Waals surface area (Å²) in [5.74, 6) is 0.613. The monoisotopic (exact) mass is 423 g/mol. The van der Waals surface area contributed by atoms with Crippen LogP contribution in [0, 0.1) is 5.92 Å². The highest BCUT2D eigenvalue weighted by Gasteiger charge is 2.32. The van der Waals surface area contributed by atoms with E-state index in [4.69, 9.17) is 4.42 Å². The number of nitrogens with zero attached hydrogens (tertiary/aromatic N) is 2. The summed E-state index contributed by atoms with van der Waals surface area (Å²) in [5, 5.41) is 4.94. The number of hydrogen-bond acceptors (Lipinski definition) is 4. The molecular weight excluding hydrogens is 398 g/mol.